The maximum absolute atomic E-state index is 6.28. The first-order valence-electron chi connectivity index (χ1n) is 7.02. The molecular weight excluding hydrogens is 236 g/mol. The molecule has 0 radical (unpaired) electrons. The Bertz CT molecular complexity index is 370. The van der Waals surface area contributed by atoms with Crippen molar-refractivity contribution in [2.75, 3.05) is 26.7 Å². The first-order chi connectivity index (χ1) is 8.88. The molecule has 3 nitrogen and oxygen atoms in total. The third-order valence-corrected chi connectivity index (χ3v) is 3.10. The van der Waals surface area contributed by atoms with E-state index in [4.69, 9.17) is 10.5 Å². The van der Waals surface area contributed by atoms with E-state index < -0.39 is 0 Å². The Hall–Kier alpha value is -0.900. The molecule has 108 valence electrons. The molecule has 0 spiro atoms. The van der Waals surface area contributed by atoms with E-state index >= 15 is 0 Å². The third-order valence-electron chi connectivity index (χ3n) is 3.10. The zero-order valence-electron chi connectivity index (χ0n) is 12.9. The summed E-state index contributed by atoms with van der Waals surface area (Å²) in [4.78, 5) is 2.23. The van der Waals surface area contributed by atoms with E-state index in [1.807, 2.05) is 0 Å². The molecule has 1 aromatic carbocycles. The quantitative estimate of drug-likeness (QED) is 0.823. The third kappa shape index (κ3) is 6.19. The van der Waals surface area contributed by atoms with Gasteiger partial charge in [0.2, 0.25) is 0 Å². The molecule has 3 heteroatoms. The molecule has 0 amide bonds. The molecule has 19 heavy (non-hydrogen) atoms. The molecule has 2 N–H and O–H groups in total. The summed E-state index contributed by atoms with van der Waals surface area (Å²) in [6.45, 7) is 10.9. The predicted octanol–water partition coefficient (Wildman–Crippen LogP) is 2.66. The molecule has 0 saturated carbocycles. The molecule has 1 rings (SSSR count). The molecule has 0 bridgehead atoms. The van der Waals surface area contributed by atoms with Crippen molar-refractivity contribution in [1.82, 2.24) is 4.90 Å². The first kappa shape index (κ1) is 16.2. The van der Waals surface area contributed by atoms with Crippen LogP contribution in [-0.4, -0.2) is 37.7 Å². The highest BCUT2D eigenvalue weighted by Crippen LogP contribution is 2.15. The number of hydrogen-bond donors (Lipinski definition) is 1. The second-order valence-electron chi connectivity index (χ2n) is 5.71. The Morgan fingerprint density at radius 1 is 1.16 bits per heavy atom. The molecule has 0 saturated heterocycles. The number of ether oxygens (including phenoxy) is 1. The lowest BCUT2D eigenvalue weighted by Crippen LogP contribution is -2.32. The fourth-order valence-electron chi connectivity index (χ4n) is 2.20. The smallest absolute Gasteiger partial charge is 0.0596 e. The number of rotatable bonds is 7. The standard InChI is InChI=1S/C16H28N2O/c1-12(2)19-7-6-18(5)11-16(17)15-9-13(3)8-14(4)10-15/h8-10,12,16H,6-7,11,17H2,1-5H3. The maximum Gasteiger partial charge on any atom is 0.0596 e. The highest BCUT2D eigenvalue weighted by atomic mass is 16.5. The zero-order valence-corrected chi connectivity index (χ0v) is 12.9. The van der Waals surface area contributed by atoms with Crippen LogP contribution in [0.2, 0.25) is 0 Å². The topological polar surface area (TPSA) is 38.5 Å². The Morgan fingerprint density at radius 2 is 1.74 bits per heavy atom. The highest BCUT2D eigenvalue weighted by molar-refractivity contribution is 5.30. The van der Waals surface area contributed by atoms with Gasteiger partial charge in [-0.25, -0.2) is 0 Å². The van der Waals surface area contributed by atoms with Gasteiger partial charge in [-0.05, 0) is 40.3 Å². The van der Waals surface area contributed by atoms with Gasteiger partial charge in [0.1, 0.15) is 0 Å². The van der Waals surface area contributed by atoms with E-state index in [9.17, 15) is 0 Å². The molecule has 1 unspecified atom stereocenters. The Morgan fingerprint density at radius 3 is 2.26 bits per heavy atom. The lowest BCUT2D eigenvalue weighted by molar-refractivity contribution is 0.0629. The minimum atomic E-state index is 0.0580. The van der Waals surface area contributed by atoms with Crippen LogP contribution in [0.25, 0.3) is 0 Å². The number of aryl methyl sites for hydroxylation is 2. The van der Waals surface area contributed by atoms with Crippen molar-refractivity contribution in [3.05, 3.63) is 34.9 Å². The van der Waals surface area contributed by atoms with Gasteiger partial charge in [0, 0.05) is 19.1 Å². The molecule has 0 fully saturated rings. The Balaban J connectivity index is 2.47. The predicted molar refractivity (Wildman–Crippen MR) is 81.4 cm³/mol. The summed E-state index contributed by atoms with van der Waals surface area (Å²) in [7, 11) is 2.09. The SMILES string of the molecule is Cc1cc(C)cc(C(N)CN(C)CCOC(C)C)c1. The summed E-state index contributed by atoms with van der Waals surface area (Å²) in [6, 6.07) is 6.59. The van der Waals surface area contributed by atoms with Gasteiger partial charge in [-0.1, -0.05) is 29.3 Å². The van der Waals surface area contributed by atoms with Gasteiger partial charge in [-0.15, -0.1) is 0 Å². The van der Waals surface area contributed by atoms with Gasteiger partial charge < -0.3 is 15.4 Å². The average Bonchev–Trinajstić information content (AvgIpc) is 2.26. The molecule has 0 aliphatic rings. The van der Waals surface area contributed by atoms with E-state index in [0.717, 1.165) is 19.7 Å². The Labute approximate surface area is 117 Å². The minimum Gasteiger partial charge on any atom is -0.377 e. The Kier molecular flexibility index (Phi) is 6.49. The normalized spacial score (nSPS) is 13.3. The summed E-state index contributed by atoms with van der Waals surface area (Å²) >= 11 is 0. The molecular formula is C16H28N2O. The lowest BCUT2D eigenvalue weighted by atomic mass is 10.0. The van der Waals surface area contributed by atoms with Crippen molar-refractivity contribution in [2.45, 2.75) is 39.8 Å². The van der Waals surface area contributed by atoms with Crippen molar-refractivity contribution in [3.63, 3.8) is 0 Å². The van der Waals surface area contributed by atoms with Crippen LogP contribution in [0.1, 0.15) is 36.6 Å². The fourth-order valence-corrected chi connectivity index (χ4v) is 2.20. The minimum absolute atomic E-state index is 0.0580. The first-order valence-corrected chi connectivity index (χ1v) is 7.02. The molecule has 1 aromatic rings. The van der Waals surface area contributed by atoms with Crippen LogP contribution in [0.3, 0.4) is 0 Å². The van der Waals surface area contributed by atoms with Crippen molar-refractivity contribution < 1.29 is 4.74 Å². The molecule has 0 heterocycles. The van der Waals surface area contributed by atoms with Crippen molar-refractivity contribution in [3.8, 4) is 0 Å². The number of nitrogens with two attached hydrogens (primary N) is 1. The van der Waals surface area contributed by atoms with Crippen LogP contribution >= 0.6 is 0 Å². The van der Waals surface area contributed by atoms with Crippen LogP contribution in [0.5, 0.6) is 0 Å². The number of nitrogens with zero attached hydrogens (tertiary/aromatic N) is 1. The highest BCUT2D eigenvalue weighted by Gasteiger charge is 2.10. The molecule has 0 aliphatic carbocycles. The monoisotopic (exact) mass is 264 g/mol. The summed E-state index contributed by atoms with van der Waals surface area (Å²) in [5.41, 5.74) is 10.0. The van der Waals surface area contributed by atoms with Gasteiger partial charge >= 0.3 is 0 Å². The van der Waals surface area contributed by atoms with Crippen molar-refractivity contribution in [1.29, 1.82) is 0 Å². The fraction of sp³-hybridized carbons (Fsp3) is 0.625. The zero-order chi connectivity index (χ0) is 14.4. The van der Waals surface area contributed by atoms with Crippen LogP contribution in [-0.2, 0) is 4.74 Å². The van der Waals surface area contributed by atoms with Crippen molar-refractivity contribution >= 4 is 0 Å². The summed E-state index contributed by atoms with van der Waals surface area (Å²) in [5, 5.41) is 0. The van der Waals surface area contributed by atoms with Gasteiger partial charge in [-0.2, -0.15) is 0 Å². The van der Waals surface area contributed by atoms with E-state index in [2.05, 4.69) is 57.8 Å². The summed E-state index contributed by atoms with van der Waals surface area (Å²) < 4.78 is 5.56. The number of benzene rings is 1. The second kappa shape index (κ2) is 7.63. The van der Waals surface area contributed by atoms with Crippen LogP contribution < -0.4 is 5.73 Å². The van der Waals surface area contributed by atoms with E-state index in [0.29, 0.717) is 6.10 Å². The average molecular weight is 264 g/mol. The largest absolute Gasteiger partial charge is 0.377 e. The lowest BCUT2D eigenvalue weighted by Gasteiger charge is -2.22. The van der Waals surface area contributed by atoms with Gasteiger partial charge in [-0.3, -0.25) is 0 Å². The van der Waals surface area contributed by atoms with Crippen LogP contribution in [0.15, 0.2) is 18.2 Å². The van der Waals surface area contributed by atoms with Crippen molar-refractivity contribution in [2.24, 2.45) is 5.73 Å². The second-order valence-corrected chi connectivity index (χ2v) is 5.71. The summed E-state index contributed by atoms with van der Waals surface area (Å²) in [5.74, 6) is 0. The molecule has 0 aromatic heterocycles. The molecule has 1 atom stereocenters. The van der Waals surface area contributed by atoms with E-state index in [1.165, 1.54) is 16.7 Å². The van der Waals surface area contributed by atoms with Gasteiger partial charge in [0.05, 0.1) is 12.7 Å². The number of hydrogen-bond acceptors (Lipinski definition) is 3. The summed E-state index contributed by atoms with van der Waals surface area (Å²) in [6.07, 6.45) is 0.293. The van der Waals surface area contributed by atoms with Crippen LogP contribution in [0, 0.1) is 13.8 Å². The van der Waals surface area contributed by atoms with E-state index in [1.54, 1.807) is 0 Å². The van der Waals surface area contributed by atoms with Gasteiger partial charge in [0.15, 0.2) is 0 Å². The number of likely N-dealkylation sites (N-methyl/N-ethyl adjacent to an activating group) is 1. The van der Waals surface area contributed by atoms with E-state index in [-0.39, 0.29) is 6.04 Å². The molecule has 0 aliphatic heterocycles. The maximum atomic E-state index is 6.28. The van der Waals surface area contributed by atoms with Crippen LogP contribution in [0.4, 0.5) is 0 Å². The van der Waals surface area contributed by atoms with Gasteiger partial charge in [0.25, 0.3) is 0 Å².